The summed E-state index contributed by atoms with van der Waals surface area (Å²) in [5, 5.41) is 3.48. The van der Waals surface area contributed by atoms with Crippen LogP contribution in [0.15, 0.2) is 30.6 Å². The molecule has 1 aliphatic heterocycles. The SMILES string of the molecule is Cc1c(Cl)cccc1NC(=O)c1cnc(N2CCC(C)CC2)nc1. The highest BCUT2D eigenvalue weighted by Gasteiger charge is 2.18. The number of hydrogen-bond donors (Lipinski definition) is 1. The van der Waals surface area contributed by atoms with Crippen LogP contribution in [0, 0.1) is 12.8 Å². The first-order valence-corrected chi connectivity index (χ1v) is 8.56. The van der Waals surface area contributed by atoms with Crippen molar-refractivity contribution in [2.75, 3.05) is 23.3 Å². The van der Waals surface area contributed by atoms with Gasteiger partial charge in [0, 0.05) is 36.2 Å². The van der Waals surface area contributed by atoms with E-state index in [0.717, 1.165) is 37.4 Å². The minimum Gasteiger partial charge on any atom is -0.341 e. The number of halogens is 1. The number of piperidine rings is 1. The number of nitrogens with zero attached hydrogens (tertiary/aromatic N) is 3. The van der Waals surface area contributed by atoms with Crippen LogP contribution in [0.5, 0.6) is 0 Å². The lowest BCUT2D eigenvalue weighted by Gasteiger charge is -2.30. The Kier molecular flexibility index (Phi) is 5.00. The number of rotatable bonds is 3. The molecule has 2 heterocycles. The van der Waals surface area contributed by atoms with Crippen LogP contribution in [0.4, 0.5) is 11.6 Å². The van der Waals surface area contributed by atoms with E-state index in [-0.39, 0.29) is 5.91 Å². The van der Waals surface area contributed by atoms with Crippen LogP contribution in [0.3, 0.4) is 0 Å². The van der Waals surface area contributed by atoms with Gasteiger partial charge in [0.1, 0.15) is 0 Å². The number of carbonyl (C=O) groups excluding carboxylic acids is 1. The molecule has 2 aromatic rings. The van der Waals surface area contributed by atoms with E-state index in [0.29, 0.717) is 22.2 Å². The van der Waals surface area contributed by atoms with Gasteiger partial charge in [-0.15, -0.1) is 0 Å². The van der Waals surface area contributed by atoms with Gasteiger partial charge in [-0.1, -0.05) is 24.6 Å². The fraction of sp³-hybridized carbons (Fsp3) is 0.389. The third kappa shape index (κ3) is 3.67. The minimum absolute atomic E-state index is 0.237. The molecule has 0 bridgehead atoms. The first-order valence-electron chi connectivity index (χ1n) is 8.18. The topological polar surface area (TPSA) is 58.1 Å². The molecule has 126 valence electrons. The van der Waals surface area contributed by atoms with Crippen molar-refractivity contribution >= 4 is 29.1 Å². The maximum atomic E-state index is 12.4. The van der Waals surface area contributed by atoms with Crippen LogP contribution < -0.4 is 10.2 Å². The van der Waals surface area contributed by atoms with Crippen LogP contribution in [-0.4, -0.2) is 29.0 Å². The van der Waals surface area contributed by atoms with E-state index in [1.807, 2.05) is 19.1 Å². The zero-order valence-corrected chi connectivity index (χ0v) is 14.7. The van der Waals surface area contributed by atoms with Gasteiger partial charge in [-0.25, -0.2) is 9.97 Å². The fourth-order valence-corrected chi connectivity index (χ4v) is 2.92. The first kappa shape index (κ1) is 16.7. The van der Waals surface area contributed by atoms with Crippen LogP contribution in [0.1, 0.15) is 35.7 Å². The normalized spacial score (nSPS) is 15.4. The summed E-state index contributed by atoms with van der Waals surface area (Å²) < 4.78 is 0. The summed E-state index contributed by atoms with van der Waals surface area (Å²) in [6.45, 7) is 6.07. The fourth-order valence-electron chi connectivity index (χ4n) is 2.75. The van der Waals surface area contributed by atoms with Crippen LogP contribution in [0.2, 0.25) is 5.02 Å². The van der Waals surface area contributed by atoms with E-state index < -0.39 is 0 Å². The first-order chi connectivity index (χ1) is 11.5. The predicted octanol–water partition coefficient (Wildman–Crippen LogP) is 3.93. The van der Waals surface area contributed by atoms with E-state index in [9.17, 15) is 4.79 Å². The lowest BCUT2D eigenvalue weighted by Crippen LogP contribution is -2.34. The average molecular weight is 345 g/mol. The molecule has 1 amide bonds. The third-order valence-corrected chi connectivity index (χ3v) is 4.89. The third-order valence-electron chi connectivity index (χ3n) is 4.48. The number of hydrogen-bond acceptors (Lipinski definition) is 4. The molecule has 1 aromatic carbocycles. The summed E-state index contributed by atoms with van der Waals surface area (Å²) >= 11 is 6.08. The summed E-state index contributed by atoms with van der Waals surface area (Å²) in [6, 6.07) is 5.43. The number of carbonyl (C=O) groups is 1. The van der Waals surface area contributed by atoms with Gasteiger partial charge in [-0.3, -0.25) is 4.79 Å². The van der Waals surface area contributed by atoms with Crippen molar-refractivity contribution in [2.45, 2.75) is 26.7 Å². The molecule has 0 radical (unpaired) electrons. The van der Waals surface area contributed by atoms with Crippen LogP contribution in [0.25, 0.3) is 0 Å². The van der Waals surface area contributed by atoms with E-state index in [4.69, 9.17) is 11.6 Å². The van der Waals surface area contributed by atoms with Gasteiger partial charge in [0.05, 0.1) is 5.56 Å². The predicted molar refractivity (Wildman–Crippen MR) is 96.8 cm³/mol. The van der Waals surface area contributed by atoms with E-state index in [1.165, 1.54) is 0 Å². The molecule has 0 unspecified atom stereocenters. The molecular formula is C18H21ClN4O. The molecule has 1 aliphatic rings. The number of nitrogens with one attached hydrogen (secondary N) is 1. The second-order valence-electron chi connectivity index (χ2n) is 6.31. The standard InChI is InChI=1S/C18H21ClN4O/c1-12-6-8-23(9-7-12)18-20-10-14(11-21-18)17(24)22-16-5-3-4-15(19)13(16)2/h3-5,10-12H,6-9H2,1-2H3,(H,22,24). The molecular weight excluding hydrogens is 324 g/mol. The monoisotopic (exact) mass is 344 g/mol. The van der Waals surface area contributed by atoms with Crippen molar-refractivity contribution < 1.29 is 4.79 Å². The van der Waals surface area contributed by atoms with Gasteiger partial charge >= 0.3 is 0 Å². The van der Waals surface area contributed by atoms with Crippen molar-refractivity contribution in [3.63, 3.8) is 0 Å². The summed E-state index contributed by atoms with van der Waals surface area (Å²) in [4.78, 5) is 23.2. The average Bonchev–Trinajstić information content (AvgIpc) is 2.60. The Labute approximate surface area is 147 Å². The lowest BCUT2D eigenvalue weighted by atomic mass is 10.00. The quantitative estimate of drug-likeness (QED) is 0.916. The summed E-state index contributed by atoms with van der Waals surface area (Å²) in [5.74, 6) is 1.21. The Balaban J connectivity index is 1.69. The molecule has 1 saturated heterocycles. The van der Waals surface area contributed by atoms with Gasteiger partial charge in [-0.05, 0) is 43.4 Å². The zero-order chi connectivity index (χ0) is 17.1. The van der Waals surface area contributed by atoms with Gasteiger partial charge in [0.2, 0.25) is 5.95 Å². The Morgan fingerprint density at radius 2 is 1.92 bits per heavy atom. The van der Waals surface area contributed by atoms with Gasteiger partial charge in [0.25, 0.3) is 5.91 Å². The van der Waals surface area contributed by atoms with E-state index >= 15 is 0 Å². The molecule has 3 rings (SSSR count). The molecule has 5 nitrogen and oxygen atoms in total. The molecule has 1 N–H and O–H groups in total. The highest BCUT2D eigenvalue weighted by atomic mass is 35.5. The Morgan fingerprint density at radius 1 is 1.25 bits per heavy atom. The maximum absolute atomic E-state index is 12.4. The summed E-state index contributed by atoms with van der Waals surface area (Å²) in [7, 11) is 0. The van der Waals surface area contributed by atoms with Gasteiger partial charge < -0.3 is 10.2 Å². The Morgan fingerprint density at radius 3 is 2.58 bits per heavy atom. The molecule has 24 heavy (non-hydrogen) atoms. The highest BCUT2D eigenvalue weighted by Crippen LogP contribution is 2.24. The molecule has 6 heteroatoms. The maximum Gasteiger partial charge on any atom is 0.258 e. The van der Waals surface area contributed by atoms with Gasteiger partial charge in [0.15, 0.2) is 0 Å². The smallest absolute Gasteiger partial charge is 0.258 e. The largest absolute Gasteiger partial charge is 0.341 e. The molecule has 0 spiro atoms. The molecule has 0 saturated carbocycles. The van der Waals surface area contributed by atoms with E-state index in [2.05, 4.69) is 27.1 Å². The molecule has 0 atom stereocenters. The van der Waals surface area contributed by atoms with E-state index in [1.54, 1.807) is 18.5 Å². The van der Waals surface area contributed by atoms with Crippen molar-refractivity contribution in [3.8, 4) is 0 Å². The minimum atomic E-state index is -0.237. The molecule has 0 aliphatic carbocycles. The molecule has 1 aromatic heterocycles. The summed E-state index contributed by atoms with van der Waals surface area (Å²) in [6.07, 6.45) is 5.46. The lowest BCUT2D eigenvalue weighted by molar-refractivity contribution is 0.102. The van der Waals surface area contributed by atoms with Crippen molar-refractivity contribution in [1.82, 2.24) is 9.97 Å². The number of benzene rings is 1. The van der Waals surface area contributed by atoms with Crippen molar-refractivity contribution in [3.05, 3.63) is 46.7 Å². The zero-order valence-electron chi connectivity index (χ0n) is 13.9. The van der Waals surface area contributed by atoms with Crippen molar-refractivity contribution in [1.29, 1.82) is 0 Å². The second kappa shape index (κ2) is 7.18. The Bertz CT molecular complexity index is 724. The van der Waals surface area contributed by atoms with Crippen LogP contribution in [-0.2, 0) is 0 Å². The van der Waals surface area contributed by atoms with Crippen molar-refractivity contribution in [2.24, 2.45) is 5.92 Å². The summed E-state index contributed by atoms with van der Waals surface area (Å²) in [5.41, 5.74) is 1.97. The number of amides is 1. The van der Waals surface area contributed by atoms with Crippen LogP contribution >= 0.6 is 11.6 Å². The number of aromatic nitrogens is 2. The number of anilines is 2. The van der Waals surface area contributed by atoms with Gasteiger partial charge in [-0.2, -0.15) is 0 Å². The second-order valence-corrected chi connectivity index (χ2v) is 6.72. The molecule has 1 fully saturated rings. The Hall–Kier alpha value is -2.14. The highest BCUT2D eigenvalue weighted by molar-refractivity contribution is 6.31.